The number of halogens is 1. The maximum atomic E-state index is 13.6. The zero-order valence-corrected chi connectivity index (χ0v) is 10.3. The molecule has 94 valence electrons. The molecule has 0 bridgehead atoms. The van der Waals surface area contributed by atoms with Crippen LogP contribution in [0.3, 0.4) is 0 Å². The number of nitrogens with zero attached hydrogens (tertiary/aromatic N) is 1. The first-order chi connectivity index (χ1) is 8.06. The minimum absolute atomic E-state index is 0.0287. The molecule has 2 atom stereocenters. The van der Waals surface area contributed by atoms with Gasteiger partial charge in [-0.2, -0.15) is 0 Å². The molecule has 1 aliphatic rings. The summed E-state index contributed by atoms with van der Waals surface area (Å²) < 4.78 is 13.6. The molecule has 0 saturated carbocycles. The highest BCUT2D eigenvalue weighted by Crippen LogP contribution is 2.22. The lowest BCUT2D eigenvalue weighted by Crippen LogP contribution is -2.33. The lowest BCUT2D eigenvalue weighted by atomic mass is 10.1. The summed E-state index contributed by atoms with van der Waals surface area (Å²) in [5.74, 6) is -0.379. The Balaban J connectivity index is 2.01. The van der Waals surface area contributed by atoms with Crippen molar-refractivity contribution in [1.29, 1.82) is 0 Å². The maximum absolute atomic E-state index is 13.6. The number of phenolic OH excluding ortho intramolecular Hbond substituents is 1. The Morgan fingerprint density at radius 1 is 1.53 bits per heavy atom. The molecule has 1 aliphatic heterocycles. The highest BCUT2D eigenvalue weighted by molar-refractivity contribution is 5.29. The molecule has 2 rings (SSSR count). The van der Waals surface area contributed by atoms with Crippen LogP contribution in [-0.4, -0.2) is 36.2 Å². The van der Waals surface area contributed by atoms with E-state index in [0.29, 0.717) is 11.6 Å². The highest BCUT2D eigenvalue weighted by Gasteiger charge is 2.22. The lowest BCUT2D eigenvalue weighted by molar-refractivity contribution is 0.384. The van der Waals surface area contributed by atoms with Crippen molar-refractivity contribution in [2.45, 2.75) is 25.4 Å². The smallest absolute Gasteiger partial charge is 0.131 e. The van der Waals surface area contributed by atoms with Gasteiger partial charge in [0.1, 0.15) is 11.6 Å². The molecule has 0 aliphatic carbocycles. The van der Waals surface area contributed by atoms with Crippen molar-refractivity contribution < 1.29 is 9.50 Å². The molecule has 1 aromatic carbocycles. The third-order valence-corrected chi connectivity index (χ3v) is 3.33. The van der Waals surface area contributed by atoms with Gasteiger partial charge in [-0.1, -0.05) is 6.07 Å². The summed E-state index contributed by atoms with van der Waals surface area (Å²) in [5, 5.41) is 12.6. The molecule has 3 nitrogen and oxygen atoms in total. The van der Waals surface area contributed by atoms with E-state index in [1.54, 1.807) is 6.07 Å². The number of nitrogens with one attached hydrogen (secondary N) is 1. The average Bonchev–Trinajstić information content (AvgIpc) is 2.63. The molecular formula is C13H19FN2O. The molecule has 1 fully saturated rings. The number of hydrogen-bond donors (Lipinski definition) is 2. The fourth-order valence-corrected chi connectivity index (χ4v) is 2.38. The Morgan fingerprint density at radius 3 is 2.88 bits per heavy atom. The van der Waals surface area contributed by atoms with Crippen LogP contribution in [0.1, 0.15) is 24.9 Å². The summed E-state index contributed by atoms with van der Waals surface area (Å²) in [6.07, 6.45) is 1.10. The fourth-order valence-electron chi connectivity index (χ4n) is 2.38. The van der Waals surface area contributed by atoms with Gasteiger partial charge in [0.05, 0.1) is 0 Å². The van der Waals surface area contributed by atoms with E-state index in [-0.39, 0.29) is 17.6 Å². The van der Waals surface area contributed by atoms with E-state index < -0.39 is 0 Å². The first-order valence-electron chi connectivity index (χ1n) is 5.99. The largest absolute Gasteiger partial charge is 0.508 e. The molecule has 0 amide bonds. The van der Waals surface area contributed by atoms with E-state index in [9.17, 15) is 9.50 Å². The van der Waals surface area contributed by atoms with Crippen LogP contribution >= 0.6 is 0 Å². The van der Waals surface area contributed by atoms with Gasteiger partial charge in [0.25, 0.3) is 0 Å². The van der Waals surface area contributed by atoms with Crippen molar-refractivity contribution in [3.8, 4) is 5.75 Å². The molecule has 0 aromatic heterocycles. The molecule has 0 radical (unpaired) electrons. The third-order valence-electron chi connectivity index (χ3n) is 3.33. The first kappa shape index (κ1) is 12.3. The summed E-state index contributed by atoms with van der Waals surface area (Å²) in [5.41, 5.74) is 0.609. The van der Waals surface area contributed by atoms with E-state index in [1.807, 2.05) is 6.92 Å². The zero-order valence-electron chi connectivity index (χ0n) is 10.3. The Morgan fingerprint density at radius 2 is 2.29 bits per heavy atom. The van der Waals surface area contributed by atoms with Crippen LogP contribution in [0.4, 0.5) is 4.39 Å². The molecule has 0 spiro atoms. The van der Waals surface area contributed by atoms with Crippen LogP contribution in [0.25, 0.3) is 0 Å². The van der Waals surface area contributed by atoms with Gasteiger partial charge >= 0.3 is 0 Å². The molecule has 17 heavy (non-hydrogen) atoms. The summed E-state index contributed by atoms with van der Waals surface area (Å²) in [7, 11) is 2.09. The summed E-state index contributed by atoms with van der Waals surface area (Å²) in [6.45, 7) is 4.04. The molecule has 1 saturated heterocycles. The summed E-state index contributed by atoms with van der Waals surface area (Å²) in [6, 6.07) is 4.71. The van der Waals surface area contributed by atoms with Gasteiger partial charge in [-0.25, -0.2) is 4.39 Å². The van der Waals surface area contributed by atoms with E-state index in [2.05, 4.69) is 17.3 Å². The van der Waals surface area contributed by atoms with Crippen LogP contribution in [0.2, 0.25) is 0 Å². The van der Waals surface area contributed by atoms with Crippen LogP contribution < -0.4 is 5.32 Å². The molecule has 2 N–H and O–H groups in total. The number of likely N-dealkylation sites (N-methyl/N-ethyl adjacent to an activating group) is 1. The number of aromatic hydroxyl groups is 1. The predicted octanol–water partition coefficient (Wildman–Crippen LogP) is 1.89. The highest BCUT2D eigenvalue weighted by atomic mass is 19.1. The second kappa shape index (κ2) is 5.02. The minimum atomic E-state index is -0.351. The minimum Gasteiger partial charge on any atom is -0.508 e. The van der Waals surface area contributed by atoms with Crippen molar-refractivity contribution in [3.05, 3.63) is 29.6 Å². The number of hydrogen-bond acceptors (Lipinski definition) is 3. The summed E-state index contributed by atoms with van der Waals surface area (Å²) >= 11 is 0. The van der Waals surface area contributed by atoms with Gasteiger partial charge < -0.3 is 15.3 Å². The third kappa shape index (κ3) is 2.96. The Bertz CT molecular complexity index is 397. The van der Waals surface area contributed by atoms with E-state index in [1.165, 1.54) is 6.07 Å². The van der Waals surface area contributed by atoms with Crippen molar-refractivity contribution in [2.24, 2.45) is 0 Å². The van der Waals surface area contributed by atoms with Gasteiger partial charge in [-0.15, -0.1) is 0 Å². The Labute approximate surface area is 101 Å². The van der Waals surface area contributed by atoms with Crippen LogP contribution in [0, 0.1) is 5.82 Å². The van der Waals surface area contributed by atoms with Gasteiger partial charge in [-0.3, -0.25) is 0 Å². The van der Waals surface area contributed by atoms with E-state index >= 15 is 0 Å². The Hall–Kier alpha value is -1.13. The van der Waals surface area contributed by atoms with E-state index in [4.69, 9.17) is 0 Å². The van der Waals surface area contributed by atoms with Crippen molar-refractivity contribution >= 4 is 0 Å². The standard InChI is InChI=1S/C13H19FN2O/c1-9(15-10-5-6-16(2)8-10)12-4-3-11(17)7-13(12)14/h3-4,7,9-10,15,17H,5-6,8H2,1-2H3. The van der Waals surface area contributed by atoms with Gasteiger partial charge in [0.2, 0.25) is 0 Å². The van der Waals surface area contributed by atoms with Crippen molar-refractivity contribution in [3.63, 3.8) is 0 Å². The molecule has 1 heterocycles. The van der Waals surface area contributed by atoms with Crippen molar-refractivity contribution in [2.75, 3.05) is 20.1 Å². The zero-order chi connectivity index (χ0) is 12.4. The Kier molecular flexibility index (Phi) is 3.64. The normalized spacial score (nSPS) is 22.9. The SMILES string of the molecule is CC(NC1CCN(C)C1)c1ccc(O)cc1F. The van der Waals surface area contributed by atoms with Gasteiger partial charge in [0, 0.05) is 30.3 Å². The number of benzene rings is 1. The second-order valence-corrected chi connectivity index (χ2v) is 4.84. The number of phenols is 1. The molecule has 2 unspecified atom stereocenters. The molecular weight excluding hydrogens is 219 g/mol. The average molecular weight is 238 g/mol. The second-order valence-electron chi connectivity index (χ2n) is 4.84. The topological polar surface area (TPSA) is 35.5 Å². The molecule has 4 heteroatoms. The van der Waals surface area contributed by atoms with Crippen molar-refractivity contribution in [1.82, 2.24) is 10.2 Å². The van der Waals surface area contributed by atoms with Crippen LogP contribution in [0.15, 0.2) is 18.2 Å². The monoisotopic (exact) mass is 238 g/mol. The van der Waals surface area contributed by atoms with Gasteiger partial charge in [-0.05, 0) is 33.0 Å². The maximum Gasteiger partial charge on any atom is 0.131 e. The number of likely N-dealkylation sites (tertiary alicyclic amines) is 1. The quantitative estimate of drug-likeness (QED) is 0.844. The number of rotatable bonds is 3. The fraction of sp³-hybridized carbons (Fsp3) is 0.538. The first-order valence-corrected chi connectivity index (χ1v) is 5.99. The van der Waals surface area contributed by atoms with Crippen LogP contribution in [-0.2, 0) is 0 Å². The molecule has 1 aromatic rings. The van der Waals surface area contributed by atoms with Gasteiger partial charge in [0.15, 0.2) is 0 Å². The van der Waals surface area contributed by atoms with Crippen LogP contribution in [0.5, 0.6) is 5.75 Å². The predicted molar refractivity (Wildman–Crippen MR) is 65.5 cm³/mol. The summed E-state index contributed by atoms with van der Waals surface area (Å²) in [4.78, 5) is 2.26. The lowest BCUT2D eigenvalue weighted by Gasteiger charge is -2.20. The van der Waals surface area contributed by atoms with E-state index in [0.717, 1.165) is 25.6 Å².